The maximum Gasteiger partial charge on any atom is 0.310 e. The van der Waals surface area contributed by atoms with Crippen molar-refractivity contribution in [3.05, 3.63) is 27.8 Å². The lowest BCUT2D eigenvalue weighted by atomic mass is 10.3. The van der Waals surface area contributed by atoms with Gasteiger partial charge < -0.3 is 9.84 Å². The first-order chi connectivity index (χ1) is 6.66. The third-order valence-electron chi connectivity index (χ3n) is 2.15. The Morgan fingerprint density at radius 3 is 2.57 bits per heavy atom. The third kappa shape index (κ3) is 2.17. The summed E-state index contributed by atoms with van der Waals surface area (Å²) < 4.78 is 6.61. The number of aliphatic carboxylic acids is 1. The highest BCUT2D eigenvalue weighted by atomic mass is 127. The van der Waals surface area contributed by atoms with Crippen LogP contribution in [0.15, 0.2) is 24.3 Å². The molecule has 14 heavy (non-hydrogen) atoms. The summed E-state index contributed by atoms with van der Waals surface area (Å²) in [6.45, 7) is 0. The van der Waals surface area contributed by atoms with Gasteiger partial charge in [-0.15, -0.1) is 0 Å². The second-order valence-electron chi connectivity index (χ2n) is 3.29. The molecular weight excluding hydrogens is 295 g/mol. The van der Waals surface area contributed by atoms with E-state index in [2.05, 4.69) is 22.6 Å². The van der Waals surface area contributed by atoms with Crippen molar-refractivity contribution < 1.29 is 14.6 Å². The van der Waals surface area contributed by atoms with Crippen LogP contribution in [0.3, 0.4) is 0 Å². The zero-order valence-electron chi connectivity index (χ0n) is 7.31. The van der Waals surface area contributed by atoms with Crippen LogP contribution < -0.4 is 4.74 Å². The Morgan fingerprint density at radius 1 is 1.43 bits per heavy atom. The summed E-state index contributed by atoms with van der Waals surface area (Å²) in [5, 5.41) is 8.66. The fourth-order valence-corrected chi connectivity index (χ4v) is 1.61. The smallest absolute Gasteiger partial charge is 0.310 e. The number of carboxylic acids is 1. The van der Waals surface area contributed by atoms with Gasteiger partial charge in [-0.05, 0) is 46.9 Å². The molecule has 3 nitrogen and oxygen atoms in total. The molecule has 1 aromatic carbocycles. The second kappa shape index (κ2) is 3.76. The molecule has 1 fully saturated rings. The molecule has 0 unspecified atom stereocenters. The minimum atomic E-state index is -0.763. The van der Waals surface area contributed by atoms with Crippen molar-refractivity contribution in [3.63, 3.8) is 0 Å². The number of ether oxygens (including phenoxy) is 1. The number of carbonyl (C=O) groups is 1. The Bertz CT molecular complexity index is 347. The molecule has 0 amide bonds. The largest absolute Gasteiger partial charge is 0.490 e. The van der Waals surface area contributed by atoms with E-state index in [0.717, 1.165) is 9.32 Å². The van der Waals surface area contributed by atoms with Gasteiger partial charge in [0.2, 0.25) is 0 Å². The molecule has 0 radical (unpaired) electrons. The highest BCUT2D eigenvalue weighted by Crippen LogP contribution is 2.34. The third-order valence-corrected chi connectivity index (χ3v) is 2.87. The van der Waals surface area contributed by atoms with Gasteiger partial charge in [0, 0.05) is 9.99 Å². The van der Waals surface area contributed by atoms with Gasteiger partial charge in [0.15, 0.2) is 0 Å². The molecule has 0 aliphatic heterocycles. The molecule has 0 bridgehead atoms. The number of hydrogen-bond donors (Lipinski definition) is 1. The fraction of sp³-hybridized carbons (Fsp3) is 0.300. The first-order valence-corrected chi connectivity index (χ1v) is 5.40. The molecule has 74 valence electrons. The molecule has 1 N–H and O–H groups in total. The van der Waals surface area contributed by atoms with Crippen LogP contribution in [0.1, 0.15) is 6.42 Å². The van der Waals surface area contributed by atoms with Gasteiger partial charge >= 0.3 is 5.97 Å². The van der Waals surface area contributed by atoms with Crippen LogP contribution in [0.2, 0.25) is 0 Å². The molecule has 2 rings (SSSR count). The molecule has 0 aromatic heterocycles. The van der Waals surface area contributed by atoms with E-state index in [4.69, 9.17) is 9.84 Å². The molecule has 0 saturated heterocycles. The Hall–Kier alpha value is -0.780. The molecular formula is C10H9IO3. The van der Waals surface area contributed by atoms with E-state index in [1.807, 2.05) is 24.3 Å². The van der Waals surface area contributed by atoms with Gasteiger partial charge in [-0.3, -0.25) is 4.79 Å². The van der Waals surface area contributed by atoms with E-state index < -0.39 is 5.97 Å². The SMILES string of the molecule is O=C(O)[C@@H]1C[C@H]1Oc1ccc(I)cc1. The summed E-state index contributed by atoms with van der Waals surface area (Å²) in [7, 11) is 0. The minimum Gasteiger partial charge on any atom is -0.490 e. The minimum absolute atomic E-state index is 0.132. The number of benzene rings is 1. The number of carboxylic acid groups (broad SMARTS) is 1. The van der Waals surface area contributed by atoms with Crippen molar-refractivity contribution in [1.82, 2.24) is 0 Å². The van der Waals surface area contributed by atoms with Crippen LogP contribution in [-0.4, -0.2) is 17.2 Å². The Kier molecular flexibility index (Phi) is 2.62. The molecule has 4 heteroatoms. The van der Waals surface area contributed by atoms with Gasteiger partial charge in [0.05, 0.1) is 5.92 Å². The fourth-order valence-electron chi connectivity index (χ4n) is 1.25. The van der Waals surface area contributed by atoms with Gasteiger partial charge in [0.25, 0.3) is 0 Å². The van der Waals surface area contributed by atoms with Crippen LogP contribution in [0, 0.1) is 9.49 Å². The highest BCUT2D eigenvalue weighted by molar-refractivity contribution is 14.1. The maximum absolute atomic E-state index is 10.5. The van der Waals surface area contributed by atoms with E-state index >= 15 is 0 Å². The lowest BCUT2D eigenvalue weighted by molar-refractivity contribution is -0.139. The summed E-state index contributed by atoms with van der Waals surface area (Å²) in [4.78, 5) is 10.5. The predicted octanol–water partition coefficient (Wildman–Crippen LogP) is 2.14. The molecule has 1 saturated carbocycles. The van der Waals surface area contributed by atoms with E-state index in [1.54, 1.807) is 0 Å². The lowest BCUT2D eigenvalue weighted by Gasteiger charge is -2.03. The maximum atomic E-state index is 10.5. The van der Waals surface area contributed by atoms with E-state index in [9.17, 15) is 4.79 Å². The van der Waals surface area contributed by atoms with Crippen molar-refractivity contribution in [3.8, 4) is 5.75 Å². The van der Waals surface area contributed by atoms with Crippen LogP contribution in [-0.2, 0) is 4.79 Å². The molecule has 2 atom stereocenters. The standard InChI is InChI=1S/C10H9IO3/c11-6-1-3-7(4-2-6)14-9-5-8(9)10(12)13/h1-4,8-9H,5H2,(H,12,13)/t8-,9-/m1/s1. The summed E-state index contributed by atoms with van der Waals surface area (Å²) in [5.74, 6) is -0.325. The Balaban J connectivity index is 1.94. The van der Waals surface area contributed by atoms with E-state index in [0.29, 0.717) is 6.42 Å². The first-order valence-electron chi connectivity index (χ1n) is 4.32. The van der Waals surface area contributed by atoms with Gasteiger partial charge in [0.1, 0.15) is 11.9 Å². The summed E-state index contributed by atoms with van der Waals surface area (Å²) in [6, 6.07) is 7.60. The van der Waals surface area contributed by atoms with Crippen molar-refractivity contribution >= 4 is 28.6 Å². The zero-order valence-corrected chi connectivity index (χ0v) is 9.47. The average Bonchev–Trinajstić information content (AvgIpc) is 2.88. The average molecular weight is 304 g/mol. The zero-order chi connectivity index (χ0) is 10.1. The van der Waals surface area contributed by atoms with Crippen molar-refractivity contribution in [2.45, 2.75) is 12.5 Å². The normalized spacial score (nSPS) is 24.4. The number of halogens is 1. The van der Waals surface area contributed by atoms with Crippen LogP contribution >= 0.6 is 22.6 Å². The van der Waals surface area contributed by atoms with Gasteiger partial charge in [-0.2, -0.15) is 0 Å². The van der Waals surface area contributed by atoms with Crippen LogP contribution in [0.4, 0.5) is 0 Å². The van der Waals surface area contributed by atoms with Gasteiger partial charge in [-0.1, -0.05) is 0 Å². The first kappa shape index (κ1) is 9.76. The molecule has 1 aliphatic rings. The van der Waals surface area contributed by atoms with Crippen molar-refractivity contribution in [2.75, 3.05) is 0 Å². The Morgan fingerprint density at radius 2 is 2.07 bits per heavy atom. The van der Waals surface area contributed by atoms with E-state index in [1.165, 1.54) is 0 Å². The molecule has 1 aromatic rings. The second-order valence-corrected chi connectivity index (χ2v) is 4.54. The van der Waals surface area contributed by atoms with Crippen LogP contribution in [0.5, 0.6) is 5.75 Å². The number of hydrogen-bond acceptors (Lipinski definition) is 2. The molecule has 1 aliphatic carbocycles. The molecule has 0 spiro atoms. The summed E-state index contributed by atoms with van der Waals surface area (Å²) in [6.07, 6.45) is 0.494. The Labute approximate surface area is 95.2 Å². The monoisotopic (exact) mass is 304 g/mol. The van der Waals surface area contributed by atoms with Crippen molar-refractivity contribution in [2.24, 2.45) is 5.92 Å². The lowest BCUT2D eigenvalue weighted by Crippen LogP contribution is -2.07. The summed E-state index contributed by atoms with van der Waals surface area (Å²) >= 11 is 2.21. The summed E-state index contributed by atoms with van der Waals surface area (Å²) in [5.41, 5.74) is 0. The number of rotatable bonds is 3. The topological polar surface area (TPSA) is 46.5 Å². The highest BCUT2D eigenvalue weighted by Gasteiger charge is 2.45. The van der Waals surface area contributed by atoms with E-state index in [-0.39, 0.29) is 12.0 Å². The molecule has 0 heterocycles. The quantitative estimate of drug-likeness (QED) is 0.870. The van der Waals surface area contributed by atoms with Crippen molar-refractivity contribution in [1.29, 1.82) is 0 Å². The van der Waals surface area contributed by atoms with Crippen LogP contribution in [0.25, 0.3) is 0 Å². The van der Waals surface area contributed by atoms with Gasteiger partial charge in [-0.25, -0.2) is 0 Å². The predicted molar refractivity (Wildman–Crippen MR) is 59.3 cm³/mol.